The monoisotopic (exact) mass is 278 g/mol. The Labute approximate surface area is 121 Å². The van der Waals surface area contributed by atoms with Crippen molar-refractivity contribution >= 4 is 11.3 Å². The van der Waals surface area contributed by atoms with Gasteiger partial charge in [0.1, 0.15) is 0 Å². The van der Waals surface area contributed by atoms with Gasteiger partial charge in [0, 0.05) is 29.9 Å². The lowest BCUT2D eigenvalue weighted by Gasteiger charge is -2.38. The molecule has 19 heavy (non-hydrogen) atoms. The Morgan fingerprint density at radius 2 is 2.26 bits per heavy atom. The number of hydrogen-bond acceptors (Lipinski definition) is 3. The summed E-state index contributed by atoms with van der Waals surface area (Å²) < 4.78 is 0. The average Bonchev–Trinajstić information content (AvgIpc) is 3.08. The molecular weight excluding hydrogens is 252 g/mol. The fourth-order valence-electron chi connectivity index (χ4n) is 3.22. The maximum absolute atomic E-state index is 3.83. The molecule has 0 aromatic carbocycles. The molecule has 1 aromatic heterocycles. The minimum atomic E-state index is 0.702. The van der Waals surface area contributed by atoms with E-state index in [1.165, 1.54) is 51.9 Å². The predicted molar refractivity (Wildman–Crippen MR) is 82.9 cm³/mol. The van der Waals surface area contributed by atoms with E-state index in [0.29, 0.717) is 6.04 Å². The largest absolute Gasteiger partial charge is 0.312 e. The molecule has 2 fully saturated rings. The standard InChI is InChI=1S/C16H26N2S/c1-2-7-18-11-14(16-4-3-8-19-16)9-15(12-18)17-10-13-5-6-13/h3-4,8,13-15,17H,2,5-7,9-12H2,1H3. The molecule has 106 valence electrons. The minimum Gasteiger partial charge on any atom is -0.312 e. The average molecular weight is 278 g/mol. The summed E-state index contributed by atoms with van der Waals surface area (Å²) in [6, 6.07) is 5.22. The van der Waals surface area contributed by atoms with Crippen LogP contribution in [0.5, 0.6) is 0 Å². The summed E-state index contributed by atoms with van der Waals surface area (Å²) in [5.41, 5.74) is 0. The van der Waals surface area contributed by atoms with Crippen LogP contribution in [0.2, 0.25) is 0 Å². The number of piperidine rings is 1. The van der Waals surface area contributed by atoms with Crippen molar-refractivity contribution in [3.63, 3.8) is 0 Å². The van der Waals surface area contributed by atoms with Gasteiger partial charge in [-0.15, -0.1) is 11.3 Å². The third-order valence-corrected chi connectivity index (χ3v) is 5.44. The van der Waals surface area contributed by atoms with Gasteiger partial charge >= 0.3 is 0 Å². The highest BCUT2D eigenvalue weighted by Crippen LogP contribution is 2.32. The van der Waals surface area contributed by atoms with Crippen molar-refractivity contribution in [2.45, 2.75) is 44.6 Å². The number of rotatable bonds is 6. The topological polar surface area (TPSA) is 15.3 Å². The molecule has 1 saturated heterocycles. The fourth-order valence-corrected chi connectivity index (χ4v) is 4.06. The zero-order valence-corrected chi connectivity index (χ0v) is 12.8. The maximum Gasteiger partial charge on any atom is 0.0201 e. The fraction of sp³-hybridized carbons (Fsp3) is 0.750. The summed E-state index contributed by atoms with van der Waals surface area (Å²) in [7, 11) is 0. The van der Waals surface area contributed by atoms with E-state index in [2.05, 4.69) is 34.7 Å². The van der Waals surface area contributed by atoms with Gasteiger partial charge in [-0.25, -0.2) is 0 Å². The molecular formula is C16H26N2S. The van der Waals surface area contributed by atoms with Gasteiger partial charge in [0.25, 0.3) is 0 Å². The maximum atomic E-state index is 3.83. The second-order valence-electron chi connectivity index (χ2n) is 6.26. The van der Waals surface area contributed by atoms with Crippen molar-refractivity contribution in [1.82, 2.24) is 10.2 Å². The molecule has 0 amide bonds. The van der Waals surface area contributed by atoms with E-state index >= 15 is 0 Å². The Morgan fingerprint density at radius 3 is 2.95 bits per heavy atom. The summed E-state index contributed by atoms with van der Waals surface area (Å²) in [5.74, 6) is 1.73. The van der Waals surface area contributed by atoms with Crippen molar-refractivity contribution < 1.29 is 0 Å². The molecule has 3 rings (SSSR count). The van der Waals surface area contributed by atoms with Gasteiger partial charge in [-0.2, -0.15) is 0 Å². The number of hydrogen-bond donors (Lipinski definition) is 1. The lowest BCUT2D eigenvalue weighted by Crippen LogP contribution is -2.49. The van der Waals surface area contributed by atoms with E-state index < -0.39 is 0 Å². The van der Waals surface area contributed by atoms with E-state index in [1.807, 2.05) is 11.3 Å². The van der Waals surface area contributed by atoms with E-state index in [4.69, 9.17) is 0 Å². The van der Waals surface area contributed by atoms with E-state index in [9.17, 15) is 0 Å². The molecule has 2 nitrogen and oxygen atoms in total. The first-order valence-corrected chi connectivity index (χ1v) is 8.72. The van der Waals surface area contributed by atoms with Gasteiger partial charge in [-0.1, -0.05) is 13.0 Å². The summed E-state index contributed by atoms with van der Waals surface area (Å²) in [5, 5.41) is 6.05. The minimum absolute atomic E-state index is 0.702. The Bertz CT molecular complexity index is 372. The molecule has 1 aliphatic heterocycles. The van der Waals surface area contributed by atoms with Crippen LogP contribution in [0.4, 0.5) is 0 Å². The number of likely N-dealkylation sites (tertiary alicyclic amines) is 1. The van der Waals surface area contributed by atoms with E-state index in [1.54, 1.807) is 4.88 Å². The van der Waals surface area contributed by atoms with Crippen molar-refractivity contribution in [3.8, 4) is 0 Å². The third kappa shape index (κ3) is 3.80. The first-order chi connectivity index (χ1) is 9.35. The second-order valence-corrected chi connectivity index (χ2v) is 7.24. The van der Waals surface area contributed by atoms with Crippen LogP contribution < -0.4 is 5.32 Å². The molecule has 3 heteroatoms. The molecule has 2 unspecified atom stereocenters. The van der Waals surface area contributed by atoms with Gasteiger partial charge in [0.15, 0.2) is 0 Å². The number of nitrogens with one attached hydrogen (secondary N) is 1. The van der Waals surface area contributed by atoms with E-state index in [-0.39, 0.29) is 0 Å². The van der Waals surface area contributed by atoms with Gasteiger partial charge in [-0.05, 0) is 56.1 Å². The van der Waals surface area contributed by atoms with Crippen molar-refractivity contribution in [1.29, 1.82) is 0 Å². The van der Waals surface area contributed by atoms with Crippen LogP contribution in [-0.4, -0.2) is 37.1 Å². The molecule has 1 aliphatic carbocycles. The van der Waals surface area contributed by atoms with Crippen LogP contribution >= 0.6 is 11.3 Å². The second kappa shape index (κ2) is 6.38. The molecule has 0 spiro atoms. The SMILES string of the molecule is CCCN1CC(NCC2CC2)CC(c2cccs2)C1. The zero-order chi connectivity index (χ0) is 13.1. The lowest BCUT2D eigenvalue weighted by atomic mass is 9.92. The highest BCUT2D eigenvalue weighted by atomic mass is 32.1. The molecule has 2 heterocycles. The molecule has 0 radical (unpaired) electrons. The number of thiophene rings is 1. The summed E-state index contributed by atoms with van der Waals surface area (Å²) in [4.78, 5) is 4.25. The van der Waals surface area contributed by atoms with Crippen LogP contribution in [0.15, 0.2) is 17.5 Å². The summed E-state index contributed by atoms with van der Waals surface area (Å²) in [6.45, 7) is 7.31. The Morgan fingerprint density at radius 1 is 1.37 bits per heavy atom. The Kier molecular flexibility index (Phi) is 4.57. The van der Waals surface area contributed by atoms with Gasteiger partial charge in [0.2, 0.25) is 0 Å². The molecule has 2 aliphatic rings. The van der Waals surface area contributed by atoms with Gasteiger partial charge in [0.05, 0.1) is 0 Å². The van der Waals surface area contributed by atoms with Gasteiger partial charge < -0.3 is 10.2 Å². The van der Waals surface area contributed by atoms with Crippen LogP contribution in [0.25, 0.3) is 0 Å². The molecule has 1 saturated carbocycles. The summed E-state index contributed by atoms with van der Waals surface area (Å²) >= 11 is 1.93. The van der Waals surface area contributed by atoms with Crippen molar-refractivity contribution in [2.75, 3.05) is 26.2 Å². The Balaban J connectivity index is 1.59. The summed E-state index contributed by atoms with van der Waals surface area (Å²) in [6.07, 6.45) is 5.50. The third-order valence-electron chi connectivity index (χ3n) is 4.40. The smallest absolute Gasteiger partial charge is 0.0201 e. The first-order valence-electron chi connectivity index (χ1n) is 7.84. The zero-order valence-electron chi connectivity index (χ0n) is 12.0. The highest BCUT2D eigenvalue weighted by Gasteiger charge is 2.29. The van der Waals surface area contributed by atoms with Crippen LogP contribution in [0, 0.1) is 5.92 Å². The predicted octanol–water partition coefficient (Wildman–Crippen LogP) is 3.32. The first kappa shape index (κ1) is 13.6. The quantitative estimate of drug-likeness (QED) is 0.859. The molecule has 2 atom stereocenters. The number of nitrogens with zero attached hydrogens (tertiary/aromatic N) is 1. The van der Waals surface area contributed by atoms with Crippen LogP contribution in [0.3, 0.4) is 0 Å². The van der Waals surface area contributed by atoms with Crippen molar-refractivity contribution in [2.24, 2.45) is 5.92 Å². The van der Waals surface area contributed by atoms with Crippen LogP contribution in [-0.2, 0) is 0 Å². The van der Waals surface area contributed by atoms with Crippen LogP contribution in [0.1, 0.15) is 43.4 Å². The molecule has 0 bridgehead atoms. The molecule has 1 aromatic rings. The van der Waals surface area contributed by atoms with Crippen molar-refractivity contribution in [3.05, 3.63) is 22.4 Å². The van der Waals surface area contributed by atoms with Gasteiger partial charge in [-0.3, -0.25) is 0 Å². The molecule has 1 N–H and O–H groups in total. The highest BCUT2D eigenvalue weighted by molar-refractivity contribution is 7.10. The van der Waals surface area contributed by atoms with E-state index in [0.717, 1.165) is 11.8 Å². The lowest BCUT2D eigenvalue weighted by molar-refractivity contribution is 0.172. The normalized spacial score (nSPS) is 28.7. The Hall–Kier alpha value is -0.380.